The summed E-state index contributed by atoms with van der Waals surface area (Å²) in [5.41, 5.74) is 0. The minimum Gasteiger partial charge on any atom is -0.497 e. The predicted octanol–water partition coefficient (Wildman–Crippen LogP) is 9.01. The van der Waals surface area contributed by atoms with Gasteiger partial charge in [0.15, 0.2) is 0 Å². The molecule has 0 radical (unpaired) electrons. The fourth-order valence-electron chi connectivity index (χ4n) is 3.99. The second-order valence-corrected chi connectivity index (χ2v) is 12.5. The van der Waals surface area contributed by atoms with Gasteiger partial charge in [-0.15, -0.1) is 0 Å². The van der Waals surface area contributed by atoms with Crippen molar-refractivity contribution < 1.29 is 55.2 Å². The molecule has 12 nitrogen and oxygen atoms in total. The maximum atomic E-state index is 14.0. The molecule has 0 amide bonds. The van der Waals surface area contributed by atoms with Crippen molar-refractivity contribution in [2.24, 2.45) is 0 Å². The van der Waals surface area contributed by atoms with Crippen LogP contribution >= 0.6 is 15.6 Å². The molecule has 5 aromatic carbocycles. The minimum absolute atomic E-state index is 0.0923. The SMILES string of the molecule is COc1ccc(OP(=O)(Oc2ccc(OC)cc2)Oc2ccc(OP(=O)(Oc3ccc(OC)cc3)Oc3ccc(OC)cc3)cc2)cc1. The third kappa shape index (κ3) is 9.31. The molecule has 0 heterocycles. The van der Waals surface area contributed by atoms with Crippen molar-refractivity contribution >= 4 is 15.6 Å². The van der Waals surface area contributed by atoms with Crippen LogP contribution in [0.3, 0.4) is 0 Å². The van der Waals surface area contributed by atoms with Crippen LogP contribution in [0.4, 0.5) is 0 Å². The molecule has 0 bridgehead atoms. The summed E-state index contributed by atoms with van der Waals surface area (Å²) in [7, 11) is -2.57. The zero-order chi connectivity index (χ0) is 34.0. The normalized spacial score (nSPS) is 11.1. The van der Waals surface area contributed by atoms with Crippen LogP contribution in [0.2, 0.25) is 0 Å². The Morgan fingerprint density at radius 2 is 0.396 bits per heavy atom. The molecule has 0 fully saturated rings. The second-order valence-electron chi connectivity index (χ2n) is 9.62. The van der Waals surface area contributed by atoms with E-state index in [0.717, 1.165) is 0 Å². The first-order valence-corrected chi connectivity index (χ1v) is 17.2. The van der Waals surface area contributed by atoms with E-state index in [1.807, 2.05) is 0 Å². The van der Waals surface area contributed by atoms with Crippen molar-refractivity contribution in [1.82, 2.24) is 0 Å². The largest absolute Gasteiger partial charge is 0.647 e. The van der Waals surface area contributed by atoms with E-state index in [9.17, 15) is 9.13 Å². The summed E-state index contributed by atoms with van der Waals surface area (Å²) in [6, 6.07) is 31.3. The molecule has 5 aromatic rings. The maximum Gasteiger partial charge on any atom is 0.647 e. The van der Waals surface area contributed by atoms with Crippen LogP contribution < -0.4 is 46.1 Å². The quantitative estimate of drug-likeness (QED) is 0.0915. The monoisotopic (exact) mass is 694 g/mol. The number of hydrogen-bond acceptors (Lipinski definition) is 12. The Bertz CT molecular complexity index is 1600. The first kappa shape index (κ1) is 33.9. The van der Waals surface area contributed by atoms with Gasteiger partial charge in [0, 0.05) is 0 Å². The molecule has 0 saturated carbocycles. The van der Waals surface area contributed by atoms with Crippen LogP contribution in [-0.2, 0) is 9.13 Å². The number of hydrogen-bond donors (Lipinski definition) is 0. The molecule has 0 unspecified atom stereocenters. The highest BCUT2D eigenvalue weighted by atomic mass is 31.2. The third-order valence-electron chi connectivity index (χ3n) is 6.36. The van der Waals surface area contributed by atoms with E-state index in [-0.39, 0.29) is 34.5 Å². The van der Waals surface area contributed by atoms with Crippen molar-refractivity contribution in [2.75, 3.05) is 28.4 Å². The highest BCUT2D eigenvalue weighted by Gasteiger charge is 2.35. The van der Waals surface area contributed by atoms with Gasteiger partial charge in [-0.2, -0.15) is 9.13 Å². The molecular weight excluding hydrogens is 662 g/mol. The van der Waals surface area contributed by atoms with E-state index in [1.54, 1.807) is 97.1 Å². The fraction of sp³-hybridized carbons (Fsp3) is 0.118. The van der Waals surface area contributed by atoms with Gasteiger partial charge in [0.25, 0.3) is 0 Å². The number of rotatable bonds is 16. The van der Waals surface area contributed by atoms with E-state index in [2.05, 4.69) is 0 Å². The van der Waals surface area contributed by atoms with Crippen LogP contribution in [0.5, 0.6) is 57.5 Å². The summed E-state index contributed by atoms with van der Waals surface area (Å²) < 4.78 is 83.2. The Morgan fingerprint density at radius 3 is 0.521 bits per heavy atom. The van der Waals surface area contributed by atoms with Crippen LogP contribution in [-0.4, -0.2) is 28.4 Å². The van der Waals surface area contributed by atoms with Gasteiger partial charge in [-0.1, -0.05) is 0 Å². The lowest BCUT2D eigenvalue weighted by molar-refractivity contribution is 0.293. The van der Waals surface area contributed by atoms with Crippen molar-refractivity contribution in [3.8, 4) is 57.5 Å². The third-order valence-corrected chi connectivity index (χ3v) is 8.97. The zero-order valence-corrected chi connectivity index (χ0v) is 28.1. The van der Waals surface area contributed by atoms with Crippen molar-refractivity contribution in [3.63, 3.8) is 0 Å². The molecule has 250 valence electrons. The predicted molar refractivity (Wildman–Crippen MR) is 177 cm³/mol. The van der Waals surface area contributed by atoms with Crippen molar-refractivity contribution in [2.45, 2.75) is 0 Å². The first-order chi connectivity index (χ1) is 23.2. The molecule has 0 atom stereocenters. The number of benzene rings is 5. The average Bonchev–Trinajstić information content (AvgIpc) is 3.10. The topological polar surface area (TPSA) is 126 Å². The highest BCUT2D eigenvalue weighted by molar-refractivity contribution is 7.50. The van der Waals surface area contributed by atoms with E-state index in [0.29, 0.717) is 23.0 Å². The summed E-state index contributed by atoms with van der Waals surface area (Å²) in [5.74, 6) is 3.33. The van der Waals surface area contributed by atoms with E-state index in [1.165, 1.54) is 52.7 Å². The molecular formula is C34H32O12P2. The Morgan fingerprint density at radius 1 is 0.271 bits per heavy atom. The molecule has 0 saturated heterocycles. The lowest BCUT2D eigenvalue weighted by Crippen LogP contribution is -2.08. The molecule has 14 heteroatoms. The van der Waals surface area contributed by atoms with Gasteiger partial charge in [-0.05, 0) is 121 Å². The molecule has 0 aliphatic heterocycles. The van der Waals surface area contributed by atoms with Crippen LogP contribution in [0, 0.1) is 0 Å². The second kappa shape index (κ2) is 15.4. The van der Waals surface area contributed by atoms with Crippen molar-refractivity contribution in [1.29, 1.82) is 0 Å². The molecule has 0 N–H and O–H groups in total. The maximum absolute atomic E-state index is 14.0. The van der Waals surface area contributed by atoms with Crippen LogP contribution in [0.1, 0.15) is 0 Å². The molecule has 48 heavy (non-hydrogen) atoms. The summed E-state index contributed by atoms with van der Waals surface area (Å²) >= 11 is 0. The van der Waals surface area contributed by atoms with Gasteiger partial charge in [-0.3, -0.25) is 0 Å². The molecule has 0 aromatic heterocycles. The lowest BCUT2D eigenvalue weighted by atomic mass is 10.3. The van der Waals surface area contributed by atoms with Crippen LogP contribution in [0.25, 0.3) is 0 Å². The number of methoxy groups -OCH3 is 4. The van der Waals surface area contributed by atoms with E-state index in [4.69, 9.17) is 46.1 Å². The summed E-state index contributed by atoms with van der Waals surface area (Å²) in [4.78, 5) is 0. The molecule has 0 spiro atoms. The molecule has 0 aliphatic carbocycles. The Balaban J connectivity index is 1.37. The molecule has 0 aliphatic rings. The number of ether oxygens (including phenoxy) is 4. The van der Waals surface area contributed by atoms with Gasteiger partial charge in [0.05, 0.1) is 28.4 Å². The Kier molecular flexibility index (Phi) is 10.9. The van der Waals surface area contributed by atoms with Gasteiger partial charge in [-0.25, -0.2) is 0 Å². The summed E-state index contributed by atoms with van der Waals surface area (Å²) in [6.45, 7) is 0. The van der Waals surface area contributed by atoms with Crippen molar-refractivity contribution in [3.05, 3.63) is 121 Å². The van der Waals surface area contributed by atoms with Gasteiger partial charge in [0.1, 0.15) is 57.5 Å². The Labute approximate surface area is 277 Å². The highest BCUT2D eigenvalue weighted by Crippen LogP contribution is 2.52. The minimum atomic E-state index is -4.34. The summed E-state index contributed by atoms with van der Waals surface area (Å²) in [6.07, 6.45) is 0. The zero-order valence-electron chi connectivity index (χ0n) is 26.3. The van der Waals surface area contributed by atoms with Crippen LogP contribution in [0.15, 0.2) is 121 Å². The standard InChI is InChI=1S/C34H32O12P2/c1-37-25-5-13-29(14-6-25)41-47(35,42-30-15-7-26(38-2)8-16-30)45-33-21-23-34(24-22-33)46-48(36,43-31-17-9-27(39-3)10-18-31)44-32-19-11-28(40-4)12-20-32/h5-24H,1-4H3. The smallest absolute Gasteiger partial charge is 0.497 e. The van der Waals surface area contributed by atoms with E-state index >= 15 is 0 Å². The first-order valence-electron chi connectivity index (χ1n) is 14.2. The van der Waals surface area contributed by atoms with Gasteiger partial charge >= 0.3 is 15.6 Å². The Hall–Kier alpha value is -5.44. The summed E-state index contributed by atoms with van der Waals surface area (Å²) in [5, 5.41) is 0. The number of phosphoric ester groups is 2. The average molecular weight is 695 g/mol. The molecule has 5 rings (SSSR count). The van der Waals surface area contributed by atoms with Gasteiger partial charge in [0.2, 0.25) is 0 Å². The van der Waals surface area contributed by atoms with Gasteiger partial charge < -0.3 is 46.1 Å². The fourth-order valence-corrected chi connectivity index (χ4v) is 6.50. The number of phosphoric acid groups is 2. The lowest BCUT2D eigenvalue weighted by Gasteiger charge is -2.21. The van der Waals surface area contributed by atoms with E-state index < -0.39 is 15.6 Å².